The number of hydrogen-bond donors (Lipinski definition) is 1. The molecular formula is C18H28O3. The standard InChI is InChI=1S/C18H28O3/c1-15(5-4-6-16(2)13-19)11-12-21-14-17-7-9-18(20-3)10-8-17/h7-11,16,19H,4-6,12-14H2,1-3H3/b15-11+. The molecule has 118 valence electrons. The minimum absolute atomic E-state index is 0.285. The molecule has 0 fully saturated rings. The predicted octanol–water partition coefficient (Wildman–Crippen LogP) is 3.96. The van der Waals surface area contributed by atoms with Crippen LogP contribution in [-0.2, 0) is 11.3 Å². The smallest absolute Gasteiger partial charge is 0.118 e. The number of aliphatic hydroxyl groups is 1. The summed E-state index contributed by atoms with van der Waals surface area (Å²) >= 11 is 0. The molecule has 0 aromatic heterocycles. The predicted molar refractivity (Wildman–Crippen MR) is 86.5 cm³/mol. The average Bonchev–Trinajstić information content (AvgIpc) is 2.52. The molecule has 1 rings (SSSR count). The zero-order valence-corrected chi connectivity index (χ0v) is 13.5. The van der Waals surface area contributed by atoms with E-state index in [1.165, 1.54) is 5.57 Å². The molecule has 0 radical (unpaired) electrons. The lowest BCUT2D eigenvalue weighted by Crippen LogP contribution is -2.00. The van der Waals surface area contributed by atoms with Crippen LogP contribution in [0.3, 0.4) is 0 Å². The van der Waals surface area contributed by atoms with Gasteiger partial charge in [0.05, 0.1) is 20.3 Å². The molecule has 1 atom stereocenters. The minimum Gasteiger partial charge on any atom is -0.497 e. The molecule has 0 heterocycles. The lowest BCUT2D eigenvalue weighted by atomic mass is 10.0. The van der Waals surface area contributed by atoms with E-state index in [4.69, 9.17) is 14.6 Å². The Morgan fingerprint density at radius 3 is 2.62 bits per heavy atom. The van der Waals surface area contributed by atoms with Crippen LogP contribution in [0.2, 0.25) is 0 Å². The van der Waals surface area contributed by atoms with Gasteiger partial charge in [-0.15, -0.1) is 0 Å². The summed E-state index contributed by atoms with van der Waals surface area (Å²) in [5.74, 6) is 1.27. The van der Waals surface area contributed by atoms with Crippen LogP contribution in [0.5, 0.6) is 5.75 Å². The Labute approximate surface area is 128 Å². The second-order valence-electron chi connectivity index (χ2n) is 5.59. The summed E-state index contributed by atoms with van der Waals surface area (Å²) in [6.45, 7) is 5.77. The first kappa shape index (κ1) is 17.7. The van der Waals surface area contributed by atoms with E-state index in [1.54, 1.807) is 7.11 Å². The van der Waals surface area contributed by atoms with E-state index in [-0.39, 0.29) is 6.61 Å². The van der Waals surface area contributed by atoms with Crippen molar-refractivity contribution >= 4 is 0 Å². The van der Waals surface area contributed by atoms with Gasteiger partial charge in [0.2, 0.25) is 0 Å². The van der Waals surface area contributed by atoms with Gasteiger partial charge in [-0.1, -0.05) is 30.7 Å². The molecule has 3 nitrogen and oxygen atoms in total. The zero-order chi connectivity index (χ0) is 15.5. The number of rotatable bonds is 10. The highest BCUT2D eigenvalue weighted by atomic mass is 16.5. The highest BCUT2D eigenvalue weighted by Gasteiger charge is 2.00. The second kappa shape index (κ2) is 10.4. The summed E-state index contributed by atoms with van der Waals surface area (Å²) in [7, 11) is 1.67. The van der Waals surface area contributed by atoms with E-state index in [0.29, 0.717) is 19.1 Å². The number of ether oxygens (including phenoxy) is 2. The summed E-state index contributed by atoms with van der Waals surface area (Å²) in [5, 5.41) is 8.97. The van der Waals surface area contributed by atoms with Gasteiger partial charge in [0, 0.05) is 6.61 Å². The minimum atomic E-state index is 0.285. The Morgan fingerprint density at radius 2 is 2.00 bits per heavy atom. The van der Waals surface area contributed by atoms with Crippen LogP contribution in [0, 0.1) is 5.92 Å². The van der Waals surface area contributed by atoms with E-state index < -0.39 is 0 Å². The van der Waals surface area contributed by atoms with Gasteiger partial charge in [0.15, 0.2) is 0 Å². The van der Waals surface area contributed by atoms with E-state index in [1.807, 2.05) is 24.3 Å². The number of aliphatic hydroxyl groups excluding tert-OH is 1. The molecule has 0 amide bonds. The van der Waals surface area contributed by atoms with Crippen LogP contribution >= 0.6 is 0 Å². The number of hydrogen-bond acceptors (Lipinski definition) is 3. The maximum absolute atomic E-state index is 8.97. The Morgan fingerprint density at radius 1 is 1.29 bits per heavy atom. The average molecular weight is 292 g/mol. The summed E-state index contributed by atoms with van der Waals surface area (Å²) in [5.41, 5.74) is 2.51. The zero-order valence-electron chi connectivity index (χ0n) is 13.5. The Bertz CT molecular complexity index is 409. The second-order valence-corrected chi connectivity index (χ2v) is 5.59. The Balaban J connectivity index is 2.17. The lowest BCUT2D eigenvalue weighted by molar-refractivity contribution is 0.148. The highest BCUT2D eigenvalue weighted by molar-refractivity contribution is 5.26. The topological polar surface area (TPSA) is 38.7 Å². The van der Waals surface area contributed by atoms with Crippen LogP contribution in [0.1, 0.15) is 38.7 Å². The molecule has 3 heteroatoms. The number of benzene rings is 1. The Hall–Kier alpha value is -1.32. The summed E-state index contributed by atoms with van der Waals surface area (Å²) in [6, 6.07) is 7.93. The van der Waals surface area contributed by atoms with Crippen molar-refractivity contribution < 1.29 is 14.6 Å². The normalized spacial score (nSPS) is 13.2. The van der Waals surface area contributed by atoms with Crippen molar-refractivity contribution in [2.45, 2.75) is 39.7 Å². The first-order valence-corrected chi connectivity index (χ1v) is 7.63. The third-order valence-corrected chi connectivity index (χ3v) is 3.56. The summed E-state index contributed by atoms with van der Waals surface area (Å²) in [4.78, 5) is 0. The van der Waals surface area contributed by atoms with Crippen LogP contribution in [0.15, 0.2) is 35.9 Å². The van der Waals surface area contributed by atoms with Crippen molar-refractivity contribution in [2.24, 2.45) is 5.92 Å². The SMILES string of the molecule is COc1ccc(COC/C=C(\C)CCCC(C)CO)cc1. The molecule has 1 N–H and O–H groups in total. The number of allylic oxidation sites excluding steroid dienone is 1. The third-order valence-electron chi connectivity index (χ3n) is 3.56. The largest absolute Gasteiger partial charge is 0.497 e. The lowest BCUT2D eigenvalue weighted by Gasteiger charge is -2.07. The molecule has 0 bridgehead atoms. The fraction of sp³-hybridized carbons (Fsp3) is 0.556. The quantitative estimate of drug-likeness (QED) is 0.524. The molecule has 0 spiro atoms. The highest BCUT2D eigenvalue weighted by Crippen LogP contribution is 2.13. The maximum atomic E-state index is 8.97. The van der Waals surface area contributed by atoms with Gasteiger partial charge in [0.25, 0.3) is 0 Å². The Kier molecular flexibility index (Phi) is 8.79. The van der Waals surface area contributed by atoms with Crippen molar-refractivity contribution in [3.63, 3.8) is 0 Å². The molecule has 0 aliphatic heterocycles. The van der Waals surface area contributed by atoms with Gasteiger partial charge in [-0.3, -0.25) is 0 Å². The van der Waals surface area contributed by atoms with Gasteiger partial charge >= 0.3 is 0 Å². The summed E-state index contributed by atoms with van der Waals surface area (Å²) in [6.07, 6.45) is 5.43. The van der Waals surface area contributed by atoms with E-state index in [2.05, 4.69) is 19.9 Å². The van der Waals surface area contributed by atoms with Crippen molar-refractivity contribution in [2.75, 3.05) is 20.3 Å². The molecule has 0 aliphatic carbocycles. The van der Waals surface area contributed by atoms with Crippen molar-refractivity contribution in [3.05, 3.63) is 41.5 Å². The molecular weight excluding hydrogens is 264 g/mol. The third kappa shape index (κ3) is 7.88. The van der Waals surface area contributed by atoms with Crippen LogP contribution in [0.25, 0.3) is 0 Å². The molecule has 21 heavy (non-hydrogen) atoms. The molecule has 0 saturated heterocycles. The van der Waals surface area contributed by atoms with Gasteiger partial charge < -0.3 is 14.6 Å². The summed E-state index contributed by atoms with van der Waals surface area (Å²) < 4.78 is 10.8. The monoisotopic (exact) mass is 292 g/mol. The van der Waals surface area contributed by atoms with Gasteiger partial charge in [0.1, 0.15) is 5.75 Å². The maximum Gasteiger partial charge on any atom is 0.118 e. The molecule has 0 saturated carbocycles. The van der Waals surface area contributed by atoms with Crippen LogP contribution in [-0.4, -0.2) is 25.4 Å². The molecule has 1 aromatic carbocycles. The van der Waals surface area contributed by atoms with Gasteiger partial charge in [-0.05, 0) is 49.8 Å². The van der Waals surface area contributed by atoms with E-state index in [9.17, 15) is 0 Å². The van der Waals surface area contributed by atoms with Gasteiger partial charge in [-0.2, -0.15) is 0 Å². The molecule has 1 aromatic rings. The van der Waals surface area contributed by atoms with Crippen LogP contribution < -0.4 is 4.74 Å². The van der Waals surface area contributed by atoms with E-state index >= 15 is 0 Å². The fourth-order valence-electron chi connectivity index (χ4n) is 2.02. The van der Waals surface area contributed by atoms with E-state index in [0.717, 1.165) is 30.6 Å². The number of methoxy groups -OCH3 is 1. The van der Waals surface area contributed by atoms with Crippen molar-refractivity contribution in [1.82, 2.24) is 0 Å². The fourth-order valence-corrected chi connectivity index (χ4v) is 2.02. The molecule has 0 aliphatic rings. The van der Waals surface area contributed by atoms with Crippen molar-refractivity contribution in [3.8, 4) is 5.75 Å². The first-order chi connectivity index (χ1) is 10.2. The van der Waals surface area contributed by atoms with Crippen LogP contribution in [0.4, 0.5) is 0 Å². The molecule has 1 unspecified atom stereocenters. The first-order valence-electron chi connectivity index (χ1n) is 7.63. The van der Waals surface area contributed by atoms with Crippen molar-refractivity contribution in [1.29, 1.82) is 0 Å². The van der Waals surface area contributed by atoms with Gasteiger partial charge in [-0.25, -0.2) is 0 Å².